The largest absolute Gasteiger partial charge is 0.338 e. The van der Waals surface area contributed by atoms with E-state index < -0.39 is 0 Å². The van der Waals surface area contributed by atoms with Gasteiger partial charge in [-0.05, 0) is 30.9 Å². The maximum absolute atomic E-state index is 12.8. The molecule has 1 aliphatic heterocycles. The average molecular weight is 289 g/mol. The van der Waals surface area contributed by atoms with Crippen molar-refractivity contribution in [2.24, 2.45) is 5.92 Å². The number of aromatic nitrogens is 1. The molecule has 1 aliphatic rings. The van der Waals surface area contributed by atoms with E-state index in [2.05, 4.69) is 11.9 Å². The smallest absolute Gasteiger partial charge is 0.254 e. The van der Waals surface area contributed by atoms with Crippen LogP contribution in [0.2, 0.25) is 5.15 Å². The molecule has 1 saturated heterocycles. The first-order valence-corrected chi connectivity index (χ1v) is 7.37. The molecule has 2 aromatic rings. The summed E-state index contributed by atoms with van der Waals surface area (Å²) < 4.78 is 0. The minimum absolute atomic E-state index is 0.0667. The predicted octanol–water partition coefficient (Wildman–Crippen LogP) is 3.76. The van der Waals surface area contributed by atoms with Gasteiger partial charge in [-0.2, -0.15) is 0 Å². The second-order valence-corrected chi connectivity index (χ2v) is 5.90. The Kier molecular flexibility index (Phi) is 3.62. The van der Waals surface area contributed by atoms with Crippen LogP contribution in [0, 0.1) is 5.92 Å². The number of amides is 1. The first-order valence-electron chi connectivity index (χ1n) is 6.99. The molecule has 104 valence electrons. The molecule has 0 bridgehead atoms. The molecule has 3 nitrogen and oxygen atoms in total. The van der Waals surface area contributed by atoms with E-state index in [1.165, 1.54) is 6.42 Å². The van der Waals surface area contributed by atoms with Crippen LogP contribution in [0.25, 0.3) is 10.9 Å². The van der Waals surface area contributed by atoms with E-state index in [9.17, 15) is 4.79 Å². The molecule has 0 aliphatic carbocycles. The number of pyridine rings is 1. The first-order chi connectivity index (χ1) is 9.65. The monoisotopic (exact) mass is 288 g/mol. The van der Waals surface area contributed by atoms with Gasteiger partial charge >= 0.3 is 0 Å². The van der Waals surface area contributed by atoms with Crippen LogP contribution in [0.5, 0.6) is 0 Å². The SMILES string of the molecule is C[C@H]1CCCN(C(=O)c2cc(Cl)nc3ccccc23)C1. The Morgan fingerprint density at radius 2 is 2.20 bits per heavy atom. The minimum atomic E-state index is 0.0667. The van der Waals surface area contributed by atoms with Gasteiger partial charge in [-0.1, -0.05) is 36.7 Å². The van der Waals surface area contributed by atoms with E-state index in [4.69, 9.17) is 11.6 Å². The Bertz CT molecular complexity index is 656. The van der Waals surface area contributed by atoms with Gasteiger partial charge in [0.25, 0.3) is 5.91 Å². The fourth-order valence-electron chi connectivity index (χ4n) is 2.86. The minimum Gasteiger partial charge on any atom is -0.338 e. The van der Waals surface area contributed by atoms with Crippen molar-refractivity contribution in [2.45, 2.75) is 19.8 Å². The van der Waals surface area contributed by atoms with Crippen molar-refractivity contribution in [1.82, 2.24) is 9.88 Å². The highest BCUT2D eigenvalue weighted by Gasteiger charge is 2.23. The summed E-state index contributed by atoms with van der Waals surface area (Å²) >= 11 is 6.05. The highest BCUT2D eigenvalue weighted by Crippen LogP contribution is 2.24. The number of benzene rings is 1. The Morgan fingerprint density at radius 3 is 3.00 bits per heavy atom. The van der Waals surface area contributed by atoms with Gasteiger partial charge in [0.1, 0.15) is 5.15 Å². The highest BCUT2D eigenvalue weighted by atomic mass is 35.5. The molecule has 1 fully saturated rings. The lowest BCUT2D eigenvalue weighted by Gasteiger charge is -2.31. The summed E-state index contributed by atoms with van der Waals surface area (Å²) in [6.07, 6.45) is 2.27. The zero-order valence-corrected chi connectivity index (χ0v) is 12.2. The second kappa shape index (κ2) is 5.41. The van der Waals surface area contributed by atoms with Crippen molar-refractivity contribution in [3.63, 3.8) is 0 Å². The predicted molar refractivity (Wildman–Crippen MR) is 81.1 cm³/mol. The van der Waals surface area contributed by atoms with Gasteiger partial charge in [-0.3, -0.25) is 4.79 Å². The zero-order chi connectivity index (χ0) is 14.1. The molecule has 0 radical (unpaired) electrons. The zero-order valence-electron chi connectivity index (χ0n) is 11.5. The molecule has 20 heavy (non-hydrogen) atoms. The van der Waals surface area contributed by atoms with Crippen LogP contribution in [0.15, 0.2) is 30.3 Å². The summed E-state index contributed by atoms with van der Waals surface area (Å²) in [6.45, 7) is 3.85. The summed E-state index contributed by atoms with van der Waals surface area (Å²) in [5.41, 5.74) is 1.43. The van der Waals surface area contributed by atoms with Gasteiger partial charge < -0.3 is 4.90 Å². The van der Waals surface area contributed by atoms with Crippen LogP contribution in [0.3, 0.4) is 0 Å². The van der Waals surface area contributed by atoms with Crippen LogP contribution in [-0.2, 0) is 0 Å². The molecular weight excluding hydrogens is 272 g/mol. The fourth-order valence-corrected chi connectivity index (χ4v) is 3.06. The van der Waals surface area contributed by atoms with Gasteiger partial charge in [-0.25, -0.2) is 4.98 Å². The van der Waals surface area contributed by atoms with Crippen molar-refractivity contribution >= 4 is 28.4 Å². The van der Waals surface area contributed by atoms with Crippen LogP contribution in [-0.4, -0.2) is 28.9 Å². The summed E-state index contributed by atoms with van der Waals surface area (Å²) in [6, 6.07) is 9.33. The maximum atomic E-state index is 12.8. The summed E-state index contributed by atoms with van der Waals surface area (Å²) in [7, 11) is 0. The second-order valence-electron chi connectivity index (χ2n) is 5.51. The van der Waals surface area contributed by atoms with Crippen molar-refractivity contribution in [1.29, 1.82) is 0 Å². The number of carbonyl (C=O) groups excluding carboxylic acids is 1. The van der Waals surface area contributed by atoms with Crippen LogP contribution in [0.1, 0.15) is 30.1 Å². The number of para-hydroxylation sites is 1. The van der Waals surface area contributed by atoms with E-state index >= 15 is 0 Å². The van der Waals surface area contributed by atoms with Gasteiger partial charge in [-0.15, -0.1) is 0 Å². The number of likely N-dealkylation sites (tertiary alicyclic amines) is 1. The van der Waals surface area contributed by atoms with Gasteiger partial charge in [0.2, 0.25) is 0 Å². The third kappa shape index (κ3) is 2.50. The number of rotatable bonds is 1. The molecule has 1 atom stereocenters. The van der Waals surface area contributed by atoms with Crippen LogP contribution in [0.4, 0.5) is 0 Å². The molecule has 2 heterocycles. The van der Waals surface area contributed by atoms with Gasteiger partial charge in [0.05, 0.1) is 11.1 Å². The van der Waals surface area contributed by atoms with E-state index in [1.807, 2.05) is 29.2 Å². The molecule has 1 aromatic carbocycles. The molecular formula is C16H17ClN2O. The third-order valence-electron chi connectivity index (χ3n) is 3.86. The van der Waals surface area contributed by atoms with E-state index in [0.717, 1.165) is 30.4 Å². The molecule has 0 unspecified atom stereocenters. The number of nitrogens with zero attached hydrogens (tertiary/aromatic N) is 2. The van der Waals surface area contributed by atoms with Crippen LogP contribution < -0.4 is 0 Å². The third-order valence-corrected chi connectivity index (χ3v) is 4.05. The normalized spacial score (nSPS) is 19.3. The maximum Gasteiger partial charge on any atom is 0.254 e. The lowest BCUT2D eigenvalue weighted by molar-refractivity contribution is 0.0685. The number of piperidine rings is 1. The Hall–Kier alpha value is -1.61. The molecule has 0 spiro atoms. The summed E-state index contributed by atoms with van der Waals surface area (Å²) in [5.74, 6) is 0.633. The fraction of sp³-hybridized carbons (Fsp3) is 0.375. The number of hydrogen-bond acceptors (Lipinski definition) is 2. The molecule has 0 saturated carbocycles. The number of hydrogen-bond donors (Lipinski definition) is 0. The lowest BCUT2D eigenvalue weighted by Crippen LogP contribution is -2.39. The number of halogens is 1. The first kappa shape index (κ1) is 13.4. The highest BCUT2D eigenvalue weighted by molar-refractivity contribution is 6.30. The average Bonchev–Trinajstić information content (AvgIpc) is 2.45. The van der Waals surface area contributed by atoms with Gasteiger partial charge in [0.15, 0.2) is 0 Å². The number of fused-ring (bicyclic) bond motifs is 1. The van der Waals surface area contributed by atoms with E-state index in [-0.39, 0.29) is 5.91 Å². The Balaban J connectivity index is 2.02. The molecule has 1 aromatic heterocycles. The molecule has 1 amide bonds. The van der Waals surface area contributed by atoms with Crippen LogP contribution >= 0.6 is 11.6 Å². The van der Waals surface area contributed by atoms with Crippen molar-refractivity contribution < 1.29 is 4.79 Å². The van der Waals surface area contributed by atoms with E-state index in [0.29, 0.717) is 16.6 Å². The Morgan fingerprint density at radius 1 is 1.40 bits per heavy atom. The quantitative estimate of drug-likeness (QED) is 0.749. The molecule has 4 heteroatoms. The summed E-state index contributed by atoms with van der Waals surface area (Å²) in [5, 5.41) is 1.25. The van der Waals surface area contributed by atoms with Gasteiger partial charge in [0, 0.05) is 18.5 Å². The Labute approximate surface area is 123 Å². The van der Waals surface area contributed by atoms with Crippen molar-refractivity contribution in [2.75, 3.05) is 13.1 Å². The number of carbonyl (C=O) groups is 1. The van der Waals surface area contributed by atoms with E-state index in [1.54, 1.807) is 6.07 Å². The molecule has 0 N–H and O–H groups in total. The topological polar surface area (TPSA) is 33.2 Å². The standard InChI is InChI=1S/C16H17ClN2O/c1-11-5-4-8-19(10-11)16(20)13-9-15(17)18-14-7-3-2-6-12(13)14/h2-3,6-7,9,11H,4-5,8,10H2,1H3/t11-/m0/s1. The molecule has 3 rings (SSSR count). The lowest BCUT2D eigenvalue weighted by atomic mass is 9.99. The summed E-state index contributed by atoms with van der Waals surface area (Å²) in [4.78, 5) is 19.0. The van der Waals surface area contributed by atoms with Crippen molar-refractivity contribution in [3.05, 3.63) is 41.0 Å². The van der Waals surface area contributed by atoms with Crippen molar-refractivity contribution in [3.8, 4) is 0 Å².